The van der Waals surface area contributed by atoms with E-state index in [-0.39, 0.29) is 5.91 Å². The van der Waals surface area contributed by atoms with E-state index in [4.69, 9.17) is 11.6 Å². The molecule has 2 aliphatic heterocycles. The lowest BCUT2D eigenvalue weighted by Gasteiger charge is -2.28. The summed E-state index contributed by atoms with van der Waals surface area (Å²) in [4.78, 5) is 16.1. The SMILES string of the molecule is O=C(CC1CC2CCC(C1)N2)Nc1ncccc1Cl. The van der Waals surface area contributed by atoms with Crippen molar-refractivity contribution in [2.75, 3.05) is 5.32 Å². The van der Waals surface area contributed by atoms with Gasteiger partial charge in [0.2, 0.25) is 5.91 Å². The second kappa shape index (κ2) is 5.47. The number of carbonyl (C=O) groups excluding carboxylic acids is 1. The highest BCUT2D eigenvalue weighted by Crippen LogP contribution is 2.32. The van der Waals surface area contributed by atoms with E-state index in [2.05, 4.69) is 15.6 Å². The van der Waals surface area contributed by atoms with Crippen LogP contribution in [-0.4, -0.2) is 23.0 Å². The van der Waals surface area contributed by atoms with E-state index >= 15 is 0 Å². The fourth-order valence-corrected chi connectivity index (χ4v) is 3.43. The maximum atomic E-state index is 12.0. The molecule has 3 rings (SSSR count). The largest absolute Gasteiger partial charge is 0.311 e. The van der Waals surface area contributed by atoms with Gasteiger partial charge in [0.15, 0.2) is 5.82 Å². The molecule has 1 aromatic heterocycles. The van der Waals surface area contributed by atoms with Crippen LogP contribution in [0.2, 0.25) is 5.02 Å². The average Bonchev–Trinajstić information content (AvgIpc) is 2.72. The Balaban J connectivity index is 1.56. The summed E-state index contributed by atoms with van der Waals surface area (Å²) in [5.41, 5.74) is 0. The van der Waals surface area contributed by atoms with Gasteiger partial charge in [0.05, 0.1) is 5.02 Å². The van der Waals surface area contributed by atoms with Crippen LogP contribution in [0.25, 0.3) is 0 Å². The molecule has 102 valence electrons. The van der Waals surface area contributed by atoms with Crippen LogP contribution in [0.3, 0.4) is 0 Å². The summed E-state index contributed by atoms with van der Waals surface area (Å²) in [7, 11) is 0. The Bertz CT molecular complexity index is 468. The van der Waals surface area contributed by atoms with Crippen molar-refractivity contribution in [3.63, 3.8) is 0 Å². The Morgan fingerprint density at radius 1 is 1.42 bits per heavy atom. The molecule has 0 radical (unpaired) electrons. The number of carbonyl (C=O) groups is 1. The molecule has 4 nitrogen and oxygen atoms in total. The van der Waals surface area contributed by atoms with Crippen LogP contribution in [0.1, 0.15) is 32.1 Å². The second-order valence-electron chi connectivity index (χ2n) is 5.56. The highest BCUT2D eigenvalue weighted by Gasteiger charge is 2.34. The maximum Gasteiger partial charge on any atom is 0.225 e. The molecule has 1 aromatic rings. The highest BCUT2D eigenvalue weighted by molar-refractivity contribution is 6.33. The van der Waals surface area contributed by atoms with Crippen molar-refractivity contribution in [3.8, 4) is 0 Å². The molecule has 0 saturated carbocycles. The van der Waals surface area contributed by atoms with Crippen molar-refractivity contribution in [2.45, 2.75) is 44.2 Å². The summed E-state index contributed by atoms with van der Waals surface area (Å²) >= 11 is 5.98. The zero-order valence-corrected chi connectivity index (χ0v) is 11.5. The molecule has 2 unspecified atom stereocenters. The van der Waals surface area contributed by atoms with E-state index in [9.17, 15) is 4.79 Å². The molecular weight excluding hydrogens is 262 g/mol. The number of halogens is 1. The zero-order valence-electron chi connectivity index (χ0n) is 10.7. The molecular formula is C14H18ClN3O. The normalized spacial score (nSPS) is 29.2. The summed E-state index contributed by atoms with van der Waals surface area (Å²) in [6.45, 7) is 0. The molecule has 19 heavy (non-hydrogen) atoms. The van der Waals surface area contributed by atoms with Gasteiger partial charge in [0, 0.05) is 24.7 Å². The molecule has 5 heteroatoms. The van der Waals surface area contributed by atoms with Gasteiger partial charge in [0.25, 0.3) is 0 Å². The van der Waals surface area contributed by atoms with Gasteiger partial charge in [-0.05, 0) is 43.7 Å². The molecule has 0 aromatic carbocycles. The number of hydrogen-bond donors (Lipinski definition) is 2. The summed E-state index contributed by atoms with van der Waals surface area (Å²) in [6.07, 6.45) is 6.94. The Kier molecular flexibility index (Phi) is 3.71. The van der Waals surface area contributed by atoms with Gasteiger partial charge in [-0.15, -0.1) is 0 Å². The number of anilines is 1. The van der Waals surface area contributed by atoms with Gasteiger partial charge in [-0.2, -0.15) is 0 Å². The lowest BCUT2D eigenvalue weighted by atomic mass is 9.89. The van der Waals surface area contributed by atoms with Gasteiger partial charge >= 0.3 is 0 Å². The van der Waals surface area contributed by atoms with Gasteiger partial charge in [-0.3, -0.25) is 4.79 Å². The third kappa shape index (κ3) is 3.07. The molecule has 2 atom stereocenters. The molecule has 0 spiro atoms. The summed E-state index contributed by atoms with van der Waals surface area (Å²) in [5, 5.41) is 6.88. The quantitative estimate of drug-likeness (QED) is 0.894. The van der Waals surface area contributed by atoms with Crippen LogP contribution in [-0.2, 0) is 4.79 Å². The smallest absolute Gasteiger partial charge is 0.225 e. The number of fused-ring (bicyclic) bond motifs is 2. The number of hydrogen-bond acceptors (Lipinski definition) is 3. The Morgan fingerprint density at radius 3 is 2.84 bits per heavy atom. The van der Waals surface area contributed by atoms with Crippen LogP contribution >= 0.6 is 11.6 Å². The third-order valence-electron chi connectivity index (χ3n) is 4.06. The first-order chi connectivity index (χ1) is 9.20. The van der Waals surface area contributed by atoms with E-state index in [1.807, 2.05) is 0 Å². The molecule has 0 aliphatic carbocycles. The van der Waals surface area contributed by atoms with Crippen LogP contribution in [0.15, 0.2) is 18.3 Å². The molecule has 2 fully saturated rings. The molecule has 2 N–H and O–H groups in total. The fourth-order valence-electron chi connectivity index (χ4n) is 3.26. The average molecular weight is 280 g/mol. The standard InChI is InChI=1S/C14H18ClN3O/c15-12-2-1-5-16-14(12)18-13(19)8-9-6-10-3-4-11(7-9)17-10/h1-2,5,9-11,17H,3-4,6-8H2,(H,16,18,19). The predicted molar refractivity (Wildman–Crippen MR) is 75.2 cm³/mol. The van der Waals surface area contributed by atoms with Crippen LogP contribution in [0, 0.1) is 5.92 Å². The number of amides is 1. The predicted octanol–water partition coefficient (Wildman–Crippen LogP) is 2.59. The number of piperidine rings is 1. The van der Waals surface area contributed by atoms with E-state index < -0.39 is 0 Å². The first-order valence-electron chi connectivity index (χ1n) is 6.87. The number of aromatic nitrogens is 1. The van der Waals surface area contributed by atoms with Gasteiger partial charge in [-0.1, -0.05) is 11.6 Å². The number of pyridine rings is 1. The second-order valence-corrected chi connectivity index (χ2v) is 5.97. The summed E-state index contributed by atoms with van der Waals surface area (Å²) in [5.74, 6) is 0.971. The van der Waals surface area contributed by atoms with E-state index in [0.29, 0.717) is 35.3 Å². The molecule has 2 saturated heterocycles. The molecule has 1 amide bonds. The first kappa shape index (κ1) is 12.9. The van der Waals surface area contributed by atoms with Gasteiger partial charge in [-0.25, -0.2) is 4.98 Å². The van der Waals surface area contributed by atoms with E-state index in [1.165, 1.54) is 12.8 Å². The van der Waals surface area contributed by atoms with Crippen molar-refractivity contribution in [1.29, 1.82) is 0 Å². The van der Waals surface area contributed by atoms with Crippen molar-refractivity contribution < 1.29 is 4.79 Å². The zero-order chi connectivity index (χ0) is 13.2. The van der Waals surface area contributed by atoms with Crippen LogP contribution in [0.5, 0.6) is 0 Å². The minimum atomic E-state index is 0.0203. The first-order valence-corrected chi connectivity index (χ1v) is 7.25. The van der Waals surface area contributed by atoms with Gasteiger partial charge < -0.3 is 10.6 Å². The molecule has 2 aliphatic rings. The fraction of sp³-hybridized carbons (Fsp3) is 0.571. The Labute approximate surface area is 117 Å². The van der Waals surface area contributed by atoms with Crippen molar-refractivity contribution in [1.82, 2.24) is 10.3 Å². The topological polar surface area (TPSA) is 54.0 Å². The number of nitrogens with one attached hydrogen (secondary N) is 2. The lowest BCUT2D eigenvalue weighted by Crippen LogP contribution is -2.39. The van der Waals surface area contributed by atoms with Crippen molar-refractivity contribution in [2.24, 2.45) is 5.92 Å². The molecule has 2 bridgehead atoms. The lowest BCUT2D eigenvalue weighted by molar-refractivity contribution is -0.117. The van der Waals surface area contributed by atoms with Gasteiger partial charge in [0.1, 0.15) is 0 Å². The van der Waals surface area contributed by atoms with Crippen molar-refractivity contribution >= 4 is 23.3 Å². The number of nitrogens with zero attached hydrogens (tertiary/aromatic N) is 1. The maximum absolute atomic E-state index is 12.0. The Hall–Kier alpha value is -1.13. The summed E-state index contributed by atoms with van der Waals surface area (Å²) in [6, 6.07) is 4.72. The van der Waals surface area contributed by atoms with E-state index in [0.717, 1.165) is 12.8 Å². The Morgan fingerprint density at radius 2 is 2.16 bits per heavy atom. The van der Waals surface area contributed by atoms with Crippen LogP contribution < -0.4 is 10.6 Å². The highest BCUT2D eigenvalue weighted by atomic mass is 35.5. The molecule has 3 heterocycles. The minimum absolute atomic E-state index is 0.0203. The van der Waals surface area contributed by atoms with E-state index in [1.54, 1.807) is 18.3 Å². The van der Waals surface area contributed by atoms with Crippen LogP contribution in [0.4, 0.5) is 5.82 Å². The number of rotatable bonds is 3. The summed E-state index contributed by atoms with van der Waals surface area (Å²) < 4.78 is 0. The minimum Gasteiger partial charge on any atom is -0.311 e. The third-order valence-corrected chi connectivity index (χ3v) is 4.37. The van der Waals surface area contributed by atoms with Crippen molar-refractivity contribution in [3.05, 3.63) is 23.4 Å². The monoisotopic (exact) mass is 279 g/mol.